The van der Waals surface area contributed by atoms with Crippen molar-refractivity contribution in [3.8, 4) is 0 Å². The number of carboxylic acids is 1. The van der Waals surface area contributed by atoms with E-state index in [4.69, 9.17) is 0 Å². The third kappa shape index (κ3) is 4.89. The number of piperidine rings is 1. The summed E-state index contributed by atoms with van der Waals surface area (Å²) in [5.74, 6) is -1.59. The first-order chi connectivity index (χ1) is 12.2. The molecule has 0 bridgehead atoms. The van der Waals surface area contributed by atoms with Crippen LogP contribution in [0, 0.1) is 0 Å². The fourth-order valence-corrected chi connectivity index (χ4v) is 3.91. The van der Waals surface area contributed by atoms with Gasteiger partial charge in [0.05, 0.1) is 4.90 Å². The Labute approximate surface area is 152 Å². The van der Waals surface area contributed by atoms with Gasteiger partial charge in [-0.15, -0.1) is 0 Å². The van der Waals surface area contributed by atoms with Crippen LogP contribution in [0.25, 0.3) is 0 Å². The third-order valence-electron chi connectivity index (χ3n) is 4.31. The lowest BCUT2D eigenvalue weighted by molar-refractivity contribution is -0.152. The summed E-state index contributed by atoms with van der Waals surface area (Å²) < 4.78 is 26.8. The second kappa shape index (κ2) is 8.41. The molecule has 1 fully saturated rings. The Hall–Kier alpha value is -2.26. The fraction of sp³-hybridized carbons (Fsp3) is 0.471. The summed E-state index contributed by atoms with van der Waals surface area (Å²) >= 11 is 0. The lowest BCUT2D eigenvalue weighted by Crippen LogP contribution is -2.48. The maximum absolute atomic E-state index is 12.2. The predicted octanol–water partition coefficient (Wildman–Crippen LogP) is 1.02. The van der Waals surface area contributed by atoms with E-state index in [0.717, 1.165) is 12.8 Å². The molecule has 0 aromatic heterocycles. The van der Waals surface area contributed by atoms with Crippen molar-refractivity contribution in [3.63, 3.8) is 0 Å². The zero-order chi connectivity index (χ0) is 19.3. The van der Waals surface area contributed by atoms with Gasteiger partial charge in [-0.3, -0.25) is 9.59 Å². The quantitative estimate of drug-likeness (QED) is 0.679. The lowest BCUT2D eigenvalue weighted by Gasteiger charge is -2.33. The van der Waals surface area contributed by atoms with Crippen molar-refractivity contribution in [2.24, 2.45) is 0 Å². The van der Waals surface area contributed by atoms with Crippen LogP contribution in [0.4, 0.5) is 0 Å². The van der Waals surface area contributed by atoms with E-state index < -0.39 is 22.0 Å². The average Bonchev–Trinajstić information content (AvgIpc) is 2.61. The summed E-state index contributed by atoms with van der Waals surface area (Å²) in [6.45, 7) is 1.63. The molecule has 9 heteroatoms. The summed E-state index contributed by atoms with van der Waals surface area (Å²) in [5.41, 5.74) is 0.406. The lowest BCUT2D eigenvalue weighted by atomic mass is 10.0. The maximum atomic E-state index is 12.2. The number of carboxylic acid groups (broad SMARTS) is 1. The molecule has 142 valence electrons. The molecule has 8 nitrogen and oxygen atoms in total. The van der Waals surface area contributed by atoms with E-state index in [1.54, 1.807) is 0 Å². The van der Waals surface area contributed by atoms with Gasteiger partial charge >= 0.3 is 5.97 Å². The van der Waals surface area contributed by atoms with Crippen molar-refractivity contribution >= 4 is 27.7 Å². The van der Waals surface area contributed by atoms with Crippen LogP contribution in [0.3, 0.4) is 0 Å². The van der Waals surface area contributed by atoms with Gasteiger partial charge in [-0.25, -0.2) is 17.9 Å². The number of ketones is 1. The number of likely N-dealkylation sites (tertiary alicyclic amines) is 1. The Bertz CT molecular complexity index is 788. The molecule has 1 unspecified atom stereocenters. The molecular weight excluding hydrogens is 360 g/mol. The van der Waals surface area contributed by atoms with Gasteiger partial charge in [0, 0.05) is 25.1 Å². The Kier molecular flexibility index (Phi) is 6.49. The smallest absolute Gasteiger partial charge is 0.326 e. The van der Waals surface area contributed by atoms with Gasteiger partial charge in [0.15, 0.2) is 5.78 Å². The Balaban J connectivity index is 1.94. The van der Waals surface area contributed by atoms with Crippen LogP contribution < -0.4 is 4.72 Å². The molecule has 1 saturated heterocycles. The molecule has 1 aliphatic rings. The Morgan fingerprint density at radius 1 is 1.19 bits per heavy atom. The summed E-state index contributed by atoms with van der Waals surface area (Å²) in [6, 6.07) is 4.66. The number of rotatable bonds is 7. The van der Waals surface area contributed by atoms with Crippen LogP contribution in [0.1, 0.15) is 43.0 Å². The van der Waals surface area contributed by atoms with Crippen LogP contribution in [-0.4, -0.2) is 55.2 Å². The van der Waals surface area contributed by atoms with Crippen LogP contribution in [0.2, 0.25) is 0 Å². The largest absolute Gasteiger partial charge is 0.480 e. The molecule has 2 rings (SSSR count). The molecule has 1 atom stereocenters. The zero-order valence-corrected chi connectivity index (χ0v) is 15.3. The van der Waals surface area contributed by atoms with Crippen molar-refractivity contribution in [3.05, 3.63) is 29.8 Å². The molecule has 0 saturated carbocycles. The molecule has 1 aromatic rings. The van der Waals surface area contributed by atoms with Gasteiger partial charge in [-0.2, -0.15) is 0 Å². The molecule has 1 aliphatic heterocycles. The minimum atomic E-state index is -3.81. The van der Waals surface area contributed by atoms with E-state index in [1.165, 1.54) is 36.1 Å². The van der Waals surface area contributed by atoms with Crippen LogP contribution in [0.5, 0.6) is 0 Å². The number of hydrogen-bond donors (Lipinski definition) is 2. The number of aliphatic carboxylic acids is 1. The molecule has 0 radical (unpaired) electrons. The van der Waals surface area contributed by atoms with Gasteiger partial charge in [0.25, 0.3) is 0 Å². The van der Waals surface area contributed by atoms with Crippen molar-refractivity contribution in [2.75, 3.05) is 13.1 Å². The summed E-state index contributed by atoms with van der Waals surface area (Å²) in [7, 11) is -3.81. The minimum Gasteiger partial charge on any atom is -0.480 e. The average molecular weight is 382 g/mol. The summed E-state index contributed by atoms with van der Waals surface area (Å²) in [6.07, 6.45) is 1.79. The van der Waals surface area contributed by atoms with Crippen molar-refractivity contribution in [2.45, 2.75) is 43.5 Å². The predicted molar refractivity (Wildman–Crippen MR) is 93.2 cm³/mol. The number of Topliss-reactive ketones (excluding diaryl/α,β-unsaturated/α-hetero) is 1. The topological polar surface area (TPSA) is 121 Å². The highest BCUT2D eigenvalue weighted by Gasteiger charge is 2.31. The molecule has 1 aromatic carbocycles. The first kappa shape index (κ1) is 20.1. The number of amides is 1. The third-order valence-corrected chi connectivity index (χ3v) is 5.79. The van der Waals surface area contributed by atoms with Gasteiger partial charge in [0.1, 0.15) is 6.04 Å². The van der Waals surface area contributed by atoms with Crippen LogP contribution in [0.15, 0.2) is 29.2 Å². The number of nitrogens with one attached hydrogen (secondary N) is 1. The number of sulfonamides is 1. The number of carbonyl (C=O) groups is 3. The van der Waals surface area contributed by atoms with Gasteiger partial charge in [0.2, 0.25) is 15.9 Å². The van der Waals surface area contributed by atoms with Gasteiger partial charge in [-0.1, -0.05) is 12.1 Å². The maximum Gasteiger partial charge on any atom is 0.326 e. The zero-order valence-electron chi connectivity index (χ0n) is 14.5. The fourth-order valence-electron chi connectivity index (χ4n) is 2.87. The molecule has 0 aliphatic carbocycles. The molecule has 2 N–H and O–H groups in total. The van der Waals surface area contributed by atoms with E-state index >= 15 is 0 Å². The van der Waals surface area contributed by atoms with Gasteiger partial charge in [-0.05, 0) is 38.3 Å². The monoisotopic (exact) mass is 382 g/mol. The first-order valence-corrected chi connectivity index (χ1v) is 9.83. The highest BCUT2D eigenvalue weighted by atomic mass is 32.2. The van der Waals surface area contributed by atoms with Crippen LogP contribution in [-0.2, 0) is 19.6 Å². The molecule has 1 amide bonds. The molecule has 1 heterocycles. The molecule has 26 heavy (non-hydrogen) atoms. The van der Waals surface area contributed by atoms with E-state index in [1.807, 2.05) is 0 Å². The molecular formula is C17H22N2O6S. The minimum absolute atomic E-state index is 0.00339. The second-order valence-corrected chi connectivity index (χ2v) is 7.93. The van der Waals surface area contributed by atoms with Crippen molar-refractivity contribution < 1.29 is 27.9 Å². The number of carbonyl (C=O) groups excluding carboxylic acids is 2. The van der Waals surface area contributed by atoms with Crippen molar-refractivity contribution in [1.29, 1.82) is 0 Å². The van der Waals surface area contributed by atoms with E-state index in [0.29, 0.717) is 18.5 Å². The normalized spacial score (nSPS) is 17.7. The second-order valence-electron chi connectivity index (χ2n) is 6.17. The van der Waals surface area contributed by atoms with Crippen molar-refractivity contribution in [1.82, 2.24) is 9.62 Å². The van der Waals surface area contributed by atoms with E-state index in [2.05, 4.69) is 4.72 Å². The highest BCUT2D eigenvalue weighted by Crippen LogP contribution is 2.18. The number of hydrogen-bond acceptors (Lipinski definition) is 5. The number of benzene rings is 1. The van der Waals surface area contributed by atoms with Gasteiger partial charge < -0.3 is 10.0 Å². The van der Waals surface area contributed by atoms with E-state index in [-0.39, 0.29) is 29.6 Å². The first-order valence-electron chi connectivity index (χ1n) is 8.35. The van der Waals surface area contributed by atoms with E-state index in [9.17, 15) is 27.9 Å². The Morgan fingerprint density at radius 3 is 2.42 bits per heavy atom. The SMILES string of the molecule is CC(=O)c1ccc(S(=O)(=O)NCCC(=O)N2CCCCC2C(=O)O)cc1. The standard InChI is InChI=1S/C17H22N2O6S/c1-12(20)13-5-7-14(8-6-13)26(24,25)18-10-9-16(21)19-11-3-2-4-15(19)17(22)23/h5-8,15,18H,2-4,9-11H2,1H3,(H,22,23). The summed E-state index contributed by atoms with van der Waals surface area (Å²) in [5, 5.41) is 9.19. The number of nitrogens with zero attached hydrogens (tertiary/aromatic N) is 1. The molecule has 0 spiro atoms. The highest BCUT2D eigenvalue weighted by molar-refractivity contribution is 7.89. The summed E-state index contributed by atoms with van der Waals surface area (Å²) in [4.78, 5) is 36.0. The van der Waals surface area contributed by atoms with Crippen LogP contribution >= 0.6 is 0 Å². The Morgan fingerprint density at radius 2 is 1.85 bits per heavy atom.